The first-order valence-electron chi connectivity index (χ1n) is 24.2. The number of allylic oxidation sites excluding steroid dienone is 1. The molecule has 0 radical (unpaired) electrons. The second-order valence-corrected chi connectivity index (χ2v) is 22.2. The van der Waals surface area contributed by atoms with E-state index >= 15 is 0 Å². The third-order valence-electron chi connectivity index (χ3n) is 16.5. The van der Waals surface area contributed by atoms with Crippen molar-refractivity contribution < 1.29 is 37.8 Å². The summed E-state index contributed by atoms with van der Waals surface area (Å²) in [4.78, 5) is 5.03. The van der Waals surface area contributed by atoms with Crippen LogP contribution in [0.25, 0.3) is 0 Å². The highest BCUT2D eigenvalue weighted by Crippen LogP contribution is 2.56. The molecule has 12 heteroatoms. The second-order valence-electron chi connectivity index (χ2n) is 20.5. The van der Waals surface area contributed by atoms with Gasteiger partial charge in [-0.2, -0.15) is 8.42 Å². The van der Waals surface area contributed by atoms with Gasteiger partial charge in [0, 0.05) is 48.0 Å². The highest BCUT2D eigenvalue weighted by molar-refractivity contribution is 7.86. The Bertz CT molecular complexity index is 2720. The maximum Gasteiger partial charge on any atom is 0.268 e. The van der Waals surface area contributed by atoms with Crippen LogP contribution in [0, 0.1) is 41.4 Å². The van der Waals surface area contributed by atoms with E-state index in [-0.39, 0.29) is 60.7 Å². The number of benzene rings is 4. The van der Waals surface area contributed by atoms with Gasteiger partial charge in [0.15, 0.2) is 5.96 Å². The Kier molecular flexibility index (Phi) is 12.3. The number of hydrogen-bond acceptors (Lipinski definition) is 8. The summed E-state index contributed by atoms with van der Waals surface area (Å²) in [5.74, 6) is 5.06. The molecule has 0 amide bonds. The molecule has 8 aliphatic rings. The number of aryl methyl sites for hydroxylation is 1. The first kappa shape index (κ1) is 45.6. The molecular weight excluding hydrogens is 863 g/mol. The van der Waals surface area contributed by atoms with E-state index in [0.717, 1.165) is 59.1 Å². The zero-order chi connectivity index (χ0) is 46.7. The van der Waals surface area contributed by atoms with Crippen LogP contribution in [-0.4, -0.2) is 57.8 Å². The number of rotatable bonds is 8. The van der Waals surface area contributed by atoms with Crippen molar-refractivity contribution >= 4 is 16.1 Å². The van der Waals surface area contributed by atoms with Gasteiger partial charge in [0.1, 0.15) is 17.6 Å². The topological polar surface area (TPSA) is 198 Å². The molecule has 0 aromatic heterocycles. The lowest BCUT2D eigenvalue weighted by atomic mass is 9.64. The Morgan fingerprint density at radius 2 is 1.73 bits per heavy atom. The van der Waals surface area contributed by atoms with Crippen LogP contribution in [-0.2, 0) is 33.4 Å². The van der Waals surface area contributed by atoms with Gasteiger partial charge in [0.2, 0.25) is 5.72 Å². The number of phenolic OH excluding ortho intramolecular Hbond substituents is 1. The molecule has 10 bridgehead atoms. The SMILES string of the molecule is CC1CCc2cc3ccc2C1CC(S(=O)(=O)O)C1C=C2CC(CC4OC2c2ccc(O)cc2C#CCC4CO)C1c1ccc(cc1)C(CC(Cc1ccccc1)C1(O)CCCC1)(N=C(N)N)O3. The smallest absolute Gasteiger partial charge is 0.268 e. The van der Waals surface area contributed by atoms with Gasteiger partial charge in [-0.15, -0.1) is 0 Å². The molecule has 1 saturated carbocycles. The fraction of sp³-hybridized carbons (Fsp3) is 0.473. The van der Waals surface area contributed by atoms with Crippen molar-refractivity contribution in [1.29, 1.82) is 0 Å². The van der Waals surface area contributed by atoms with Crippen LogP contribution < -0.4 is 16.2 Å². The van der Waals surface area contributed by atoms with E-state index in [0.29, 0.717) is 55.4 Å². The zero-order valence-corrected chi connectivity index (χ0v) is 39.0. The minimum atomic E-state index is -4.66. The minimum absolute atomic E-state index is 0.0767. The molecule has 5 heterocycles. The number of hydrogen-bond donors (Lipinski definition) is 6. The van der Waals surface area contributed by atoms with Crippen molar-refractivity contribution in [2.75, 3.05) is 6.61 Å². The van der Waals surface area contributed by atoms with Gasteiger partial charge in [-0.05, 0) is 133 Å². The maximum absolute atomic E-state index is 14.2. The highest BCUT2D eigenvalue weighted by atomic mass is 32.2. The van der Waals surface area contributed by atoms with Crippen LogP contribution in [0.5, 0.6) is 11.5 Å². The molecule has 4 aromatic carbocycles. The van der Waals surface area contributed by atoms with Crippen LogP contribution in [0.4, 0.5) is 0 Å². The molecule has 11 unspecified atom stereocenters. The summed E-state index contributed by atoms with van der Waals surface area (Å²) in [6.45, 7) is 2.02. The van der Waals surface area contributed by atoms with E-state index in [4.69, 9.17) is 25.9 Å². The molecule has 11 atom stereocenters. The maximum atomic E-state index is 14.2. The molecule has 2 fully saturated rings. The van der Waals surface area contributed by atoms with Crippen molar-refractivity contribution in [2.45, 2.75) is 125 Å². The van der Waals surface area contributed by atoms with Gasteiger partial charge in [-0.25, -0.2) is 4.99 Å². The number of nitrogens with two attached hydrogens (primary N) is 2. The van der Waals surface area contributed by atoms with Crippen LogP contribution in [0.3, 0.4) is 0 Å². The Hall–Kier alpha value is -5.16. The van der Waals surface area contributed by atoms with E-state index in [2.05, 4.69) is 37.0 Å². The van der Waals surface area contributed by atoms with Gasteiger partial charge >= 0.3 is 0 Å². The summed E-state index contributed by atoms with van der Waals surface area (Å²) in [7, 11) is -4.66. The summed E-state index contributed by atoms with van der Waals surface area (Å²) in [5, 5.41) is 32.8. The van der Waals surface area contributed by atoms with Gasteiger partial charge in [-0.1, -0.05) is 104 Å². The van der Waals surface area contributed by atoms with Crippen molar-refractivity contribution in [3.8, 4) is 23.3 Å². The number of guanidine groups is 1. The first-order chi connectivity index (χ1) is 32.2. The third kappa shape index (κ3) is 8.90. The second kappa shape index (κ2) is 18.1. The van der Waals surface area contributed by atoms with Gasteiger partial charge in [-0.3, -0.25) is 4.55 Å². The van der Waals surface area contributed by atoms with Gasteiger partial charge in [0.05, 0.1) is 17.0 Å². The number of aliphatic imine (C=N–C) groups is 1. The third-order valence-corrected chi connectivity index (χ3v) is 17.7. The Morgan fingerprint density at radius 3 is 2.46 bits per heavy atom. The molecule has 3 aliphatic carbocycles. The molecule has 12 rings (SSSR count). The number of aliphatic hydroxyl groups is 2. The molecule has 8 N–H and O–H groups in total. The number of aromatic hydroxyl groups is 1. The van der Waals surface area contributed by atoms with Crippen molar-refractivity contribution in [3.63, 3.8) is 0 Å². The van der Waals surface area contributed by atoms with Crippen LogP contribution in [0.15, 0.2) is 108 Å². The predicted octanol–water partition coefficient (Wildman–Crippen LogP) is 8.32. The number of nitrogens with zero attached hydrogens (tertiary/aromatic N) is 1. The molecule has 0 spiro atoms. The monoisotopic (exact) mass is 925 g/mol. The van der Waals surface area contributed by atoms with Gasteiger partial charge in [0.25, 0.3) is 10.1 Å². The standard InChI is InChI=1S/C55H63N3O8S/c1-33-12-13-37-27-44-19-21-45(37)47(33)30-50(67(62,63)64)48-28-40-25-39(29-49-38(32-59)11-7-10-36-26-43(60)18-20-46(36)52(40)65-49)51(48)35-14-16-41(17-15-35)55(66-44,58-53(56)57)31-42(54(61)22-5-6-23-54)24-34-8-3-2-4-9-34/h2-4,8-9,14-21,26-28,33,38-39,42,47-52,59-61H,5-6,11-13,22-25,29-32H2,1H3,(H4,56,57,58)(H,62,63,64). The molecule has 67 heavy (non-hydrogen) atoms. The van der Waals surface area contributed by atoms with Crippen molar-refractivity contribution in [1.82, 2.24) is 0 Å². The first-order valence-corrected chi connectivity index (χ1v) is 25.7. The molecular formula is C55H63N3O8S. The highest BCUT2D eigenvalue weighted by Gasteiger charge is 2.51. The lowest BCUT2D eigenvalue weighted by Gasteiger charge is -2.42. The quantitative estimate of drug-likeness (QED) is 0.0329. The fourth-order valence-corrected chi connectivity index (χ4v) is 14.2. The largest absolute Gasteiger partial charge is 0.508 e. The zero-order valence-electron chi connectivity index (χ0n) is 38.1. The fourth-order valence-electron chi connectivity index (χ4n) is 13.1. The van der Waals surface area contributed by atoms with Crippen LogP contribution in [0.2, 0.25) is 0 Å². The summed E-state index contributed by atoms with van der Waals surface area (Å²) in [5.41, 5.74) is 17.4. The number of aliphatic hydroxyl groups excluding tert-OH is 1. The lowest BCUT2D eigenvalue weighted by Crippen LogP contribution is -2.45. The van der Waals surface area contributed by atoms with E-state index in [1.807, 2.05) is 66.7 Å². The number of ether oxygens (including phenoxy) is 2. The average Bonchev–Trinajstić information content (AvgIpc) is 3.71. The average molecular weight is 926 g/mol. The Labute approximate surface area is 394 Å². The minimum Gasteiger partial charge on any atom is -0.508 e. The van der Waals surface area contributed by atoms with Crippen molar-refractivity contribution in [3.05, 3.63) is 142 Å². The number of phenols is 1. The van der Waals surface area contributed by atoms with Crippen LogP contribution >= 0.6 is 0 Å². The summed E-state index contributed by atoms with van der Waals surface area (Å²) in [6.07, 6.45) is 8.24. The molecule has 1 saturated heterocycles. The Morgan fingerprint density at radius 1 is 0.970 bits per heavy atom. The molecule has 4 aromatic rings. The van der Waals surface area contributed by atoms with Crippen LogP contribution in [0.1, 0.15) is 128 Å². The normalized spacial score (nSPS) is 31.0. The lowest BCUT2D eigenvalue weighted by molar-refractivity contribution is -0.0532. The number of fused-ring (bicyclic) bond motifs is 9. The molecule has 5 aliphatic heterocycles. The summed E-state index contributed by atoms with van der Waals surface area (Å²) >= 11 is 0. The Balaban J connectivity index is 1.18. The van der Waals surface area contributed by atoms with E-state index in [1.165, 1.54) is 0 Å². The van der Waals surface area contributed by atoms with E-state index in [9.17, 15) is 28.3 Å². The molecule has 352 valence electrons. The summed E-state index contributed by atoms with van der Waals surface area (Å²) in [6, 6.07) is 29.3. The summed E-state index contributed by atoms with van der Waals surface area (Å²) < 4.78 is 54.4. The van der Waals surface area contributed by atoms with E-state index in [1.54, 1.807) is 12.1 Å². The predicted molar refractivity (Wildman–Crippen MR) is 258 cm³/mol. The molecule has 11 nitrogen and oxygen atoms in total. The van der Waals surface area contributed by atoms with E-state index < -0.39 is 50.7 Å². The van der Waals surface area contributed by atoms with Gasteiger partial charge < -0.3 is 36.3 Å². The van der Waals surface area contributed by atoms with Crippen molar-refractivity contribution in [2.24, 2.45) is 46.0 Å².